The largest absolute Gasteiger partial charge is 0.750 e. The zero-order valence-corrected chi connectivity index (χ0v) is 12.1. The third-order valence-corrected chi connectivity index (χ3v) is 4.04. The molecule has 2 fully saturated rings. The van der Waals surface area contributed by atoms with Crippen LogP contribution >= 0.6 is 0 Å². The Labute approximate surface area is 123 Å². The van der Waals surface area contributed by atoms with Crippen LogP contribution in [0.2, 0.25) is 0 Å². The molecule has 0 saturated carbocycles. The molecule has 5 atom stereocenters. The summed E-state index contributed by atoms with van der Waals surface area (Å²) in [7, 11) is 0. The van der Waals surface area contributed by atoms with Crippen LogP contribution in [-0.2, 0) is 39.3 Å². The van der Waals surface area contributed by atoms with E-state index < -0.39 is 53.8 Å². The lowest BCUT2D eigenvalue weighted by atomic mass is 9.85. The predicted octanol–water partition coefficient (Wildman–Crippen LogP) is -0.242. The molecule has 21 heavy (non-hydrogen) atoms. The summed E-state index contributed by atoms with van der Waals surface area (Å²) in [4.78, 5) is 22.3. The number of esters is 2. The van der Waals surface area contributed by atoms with Crippen molar-refractivity contribution in [2.24, 2.45) is 0 Å². The van der Waals surface area contributed by atoms with E-state index in [1.165, 1.54) is 0 Å². The zero-order valence-electron chi connectivity index (χ0n) is 11.3. The quantitative estimate of drug-likeness (QED) is 0.374. The molecule has 2 aliphatic heterocycles. The van der Waals surface area contributed by atoms with Gasteiger partial charge in [-0.1, -0.05) is 6.58 Å². The van der Waals surface area contributed by atoms with Crippen LogP contribution in [0.25, 0.3) is 0 Å². The Morgan fingerprint density at radius 3 is 2.81 bits per heavy atom. The molecule has 5 unspecified atom stereocenters. The second-order valence-electron chi connectivity index (χ2n) is 5.04. The molecule has 2 heterocycles. The van der Waals surface area contributed by atoms with Gasteiger partial charge in [-0.15, -0.1) is 0 Å². The van der Waals surface area contributed by atoms with E-state index in [9.17, 15) is 18.4 Å². The van der Waals surface area contributed by atoms with Crippen LogP contribution in [0.1, 0.15) is 19.8 Å². The van der Waals surface area contributed by atoms with E-state index in [1.807, 2.05) is 0 Å². The van der Waals surface area contributed by atoms with Crippen LogP contribution in [0.4, 0.5) is 0 Å². The molecule has 0 aromatic heterocycles. The molecule has 118 valence electrons. The maximum Gasteiger partial charge on any atom is 0.344 e. The smallest absolute Gasteiger partial charge is 0.344 e. The van der Waals surface area contributed by atoms with Crippen LogP contribution in [0.3, 0.4) is 0 Å². The highest BCUT2D eigenvalue weighted by atomic mass is 32.2. The monoisotopic (exact) mass is 319 g/mol. The Balaban J connectivity index is 1.82. The van der Waals surface area contributed by atoms with Crippen molar-refractivity contribution in [1.29, 1.82) is 0 Å². The SMILES string of the molecule is C=CC(=O)OCC(=O)OC1CC2OC1CC2(C)OS(=O)[O-]. The molecule has 0 radical (unpaired) electrons. The molecule has 0 aromatic carbocycles. The Hall–Kier alpha value is -1.29. The number of rotatable bonds is 6. The lowest BCUT2D eigenvalue weighted by molar-refractivity contribution is -0.162. The van der Waals surface area contributed by atoms with Crippen LogP contribution in [0, 0.1) is 0 Å². The van der Waals surface area contributed by atoms with Crippen LogP contribution < -0.4 is 0 Å². The van der Waals surface area contributed by atoms with Crippen molar-refractivity contribution in [3.05, 3.63) is 12.7 Å². The summed E-state index contributed by atoms with van der Waals surface area (Å²) in [5.41, 5.74) is -0.935. The highest BCUT2D eigenvalue weighted by Gasteiger charge is 2.57. The minimum Gasteiger partial charge on any atom is -0.750 e. The summed E-state index contributed by atoms with van der Waals surface area (Å²) in [6.07, 6.45) is 0.188. The lowest BCUT2D eigenvalue weighted by Gasteiger charge is -2.33. The van der Waals surface area contributed by atoms with Crippen molar-refractivity contribution in [3.63, 3.8) is 0 Å². The standard InChI is InChI=1S/C12H16O8S/c1-3-10(13)17-6-11(14)19-7-4-9-12(2,20-21(15)16)5-8(7)18-9/h3,7-9H,1,4-6H2,2H3,(H,15,16)/p-1. The Bertz CT molecular complexity index is 478. The van der Waals surface area contributed by atoms with Gasteiger partial charge in [0, 0.05) is 18.9 Å². The van der Waals surface area contributed by atoms with Gasteiger partial charge in [-0.3, -0.25) is 4.18 Å². The summed E-state index contributed by atoms with van der Waals surface area (Å²) in [5, 5.41) is 0. The fourth-order valence-corrected chi connectivity index (χ4v) is 3.07. The molecule has 2 saturated heterocycles. The Morgan fingerprint density at radius 1 is 1.57 bits per heavy atom. The number of fused-ring (bicyclic) bond motifs is 2. The number of ether oxygens (including phenoxy) is 3. The van der Waals surface area contributed by atoms with Gasteiger partial charge >= 0.3 is 11.9 Å². The van der Waals surface area contributed by atoms with Crippen LogP contribution in [0.15, 0.2) is 12.7 Å². The first-order valence-electron chi connectivity index (χ1n) is 6.27. The van der Waals surface area contributed by atoms with Gasteiger partial charge in [-0.2, -0.15) is 0 Å². The summed E-state index contributed by atoms with van der Waals surface area (Å²) in [6, 6.07) is 0. The van der Waals surface area contributed by atoms with Crippen molar-refractivity contribution in [2.45, 2.75) is 43.7 Å². The molecule has 0 aromatic rings. The summed E-state index contributed by atoms with van der Waals surface area (Å²) in [6.45, 7) is 4.33. The fraction of sp³-hybridized carbons (Fsp3) is 0.667. The van der Waals surface area contributed by atoms with Gasteiger partial charge in [0.2, 0.25) is 0 Å². The molecule has 0 aliphatic carbocycles. The van der Waals surface area contributed by atoms with E-state index in [-0.39, 0.29) is 0 Å². The minimum absolute atomic E-state index is 0.302. The second-order valence-corrected chi connectivity index (χ2v) is 5.62. The Kier molecular flexibility index (Phi) is 4.77. The summed E-state index contributed by atoms with van der Waals surface area (Å²) < 4.78 is 41.4. The topological polar surface area (TPSA) is 111 Å². The molecule has 8 nitrogen and oxygen atoms in total. The first-order chi connectivity index (χ1) is 9.84. The van der Waals surface area contributed by atoms with E-state index in [0.717, 1.165) is 6.08 Å². The van der Waals surface area contributed by atoms with E-state index in [4.69, 9.17) is 13.7 Å². The summed E-state index contributed by atoms with van der Waals surface area (Å²) >= 11 is -2.63. The van der Waals surface area contributed by atoms with Crippen LogP contribution in [-0.4, -0.2) is 51.2 Å². The van der Waals surface area contributed by atoms with Crippen LogP contribution in [0.5, 0.6) is 0 Å². The molecule has 0 amide bonds. The van der Waals surface area contributed by atoms with E-state index in [0.29, 0.717) is 12.8 Å². The number of hydrogen-bond acceptors (Lipinski definition) is 8. The van der Waals surface area contributed by atoms with E-state index in [1.54, 1.807) is 6.92 Å². The van der Waals surface area contributed by atoms with Crippen molar-refractivity contribution in [2.75, 3.05) is 6.61 Å². The highest BCUT2D eigenvalue weighted by molar-refractivity contribution is 7.74. The Morgan fingerprint density at radius 2 is 2.29 bits per heavy atom. The maximum absolute atomic E-state index is 11.5. The molecule has 2 aliphatic rings. The van der Waals surface area contributed by atoms with Crippen molar-refractivity contribution in [1.82, 2.24) is 0 Å². The second kappa shape index (κ2) is 6.22. The molecular weight excluding hydrogens is 304 g/mol. The first kappa shape index (κ1) is 16.1. The predicted molar refractivity (Wildman–Crippen MR) is 67.3 cm³/mol. The van der Waals surface area contributed by atoms with E-state index >= 15 is 0 Å². The summed E-state index contributed by atoms with van der Waals surface area (Å²) in [5.74, 6) is -1.41. The van der Waals surface area contributed by atoms with Gasteiger partial charge in [-0.25, -0.2) is 13.8 Å². The van der Waals surface area contributed by atoms with Crippen molar-refractivity contribution in [3.8, 4) is 0 Å². The van der Waals surface area contributed by atoms with Gasteiger partial charge < -0.3 is 18.8 Å². The highest BCUT2D eigenvalue weighted by Crippen LogP contribution is 2.45. The molecule has 2 rings (SSSR count). The molecule has 9 heteroatoms. The molecular formula is C12H15O8S-. The van der Waals surface area contributed by atoms with Gasteiger partial charge in [0.25, 0.3) is 0 Å². The van der Waals surface area contributed by atoms with Gasteiger partial charge in [-0.05, 0) is 6.92 Å². The fourth-order valence-electron chi connectivity index (χ4n) is 2.58. The van der Waals surface area contributed by atoms with Gasteiger partial charge in [0.1, 0.15) is 11.7 Å². The molecule has 0 N–H and O–H groups in total. The maximum atomic E-state index is 11.5. The van der Waals surface area contributed by atoms with Crippen molar-refractivity contribution >= 4 is 23.3 Å². The first-order valence-corrected chi connectivity index (χ1v) is 7.27. The minimum atomic E-state index is -2.63. The lowest BCUT2D eigenvalue weighted by Crippen LogP contribution is -2.44. The molecule has 0 spiro atoms. The number of carbonyl (C=O) groups excluding carboxylic acids is 2. The molecule has 2 bridgehead atoms. The zero-order chi connectivity index (χ0) is 15.6. The van der Waals surface area contributed by atoms with Gasteiger partial charge in [0.05, 0.1) is 23.6 Å². The normalized spacial score (nSPS) is 35.2. The average molecular weight is 319 g/mol. The van der Waals surface area contributed by atoms with Crippen molar-refractivity contribution < 1.29 is 36.7 Å². The average Bonchev–Trinajstić information content (AvgIpc) is 2.91. The number of carbonyl (C=O) groups is 2. The van der Waals surface area contributed by atoms with Gasteiger partial charge in [0.15, 0.2) is 6.61 Å². The van der Waals surface area contributed by atoms with E-state index in [2.05, 4.69) is 11.3 Å². The number of hydrogen-bond donors (Lipinski definition) is 0. The third-order valence-electron chi connectivity index (χ3n) is 3.53. The third kappa shape index (κ3) is 3.67.